The maximum Gasteiger partial charge on any atom is 0.224 e. The standard InChI is InChI=1S/C14H28N2O2/c1-11-6-4-5-7-13(11)18-9-8-16-14(17)12(2)10-15-3/h11-13,15H,4-10H2,1-3H3,(H,16,17). The average Bonchev–Trinajstić information content (AvgIpc) is 2.36. The van der Waals surface area contributed by atoms with E-state index in [9.17, 15) is 4.79 Å². The van der Waals surface area contributed by atoms with Crippen LogP contribution < -0.4 is 10.6 Å². The molecule has 0 heterocycles. The van der Waals surface area contributed by atoms with Crippen molar-refractivity contribution in [2.24, 2.45) is 11.8 Å². The fourth-order valence-electron chi connectivity index (χ4n) is 2.49. The summed E-state index contributed by atoms with van der Waals surface area (Å²) in [6.45, 7) is 6.16. The second-order valence-corrected chi connectivity index (χ2v) is 5.42. The van der Waals surface area contributed by atoms with Crippen molar-refractivity contribution < 1.29 is 9.53 Å². The van der Waals surface area contributed by atoms with Crippen LogP contribution in [0.15, 0.2) is 0 Å². The second kappa shape index (κ2) is 8.48. The van der Waals surface area contributed by atoms with Crippen molar-refractivity contribution in [3.63, 3.8) is 0 Å². The SMILES string of the molecule is CNCC(C)C(=O)NCCOC1CCCCC1C. The third kappa shape index (κ3) is 5.36. The molecule has 0 aliphatic heterocycles. The van der Waals surface area contributed by atoms with Crippen LogP contribution in [0.25, 0.3) is 0 Å². The number of hydrogen-bond donors (Lipinski definition) is 2. The van der Waals surface area contributed by atoms with Gasteiger partial charge in [-0.2, -0.15) is 0 Å². The number of ether oxygens (including phenoxy) is 1. The minimum atomic E-state index is 0.0172. The Bertz CT molecular complexity index is 246. The van der Waals surface area contributed by atoms with Gasteiger partial charge in [0.2, 0.25) is 5.91 Å². The maximum absolute atomic E-state index is 11.6. The number of nitrogens with one attached hydrogen (secondary N) is 2. The van der Waals surface area contributed by atoms with E-state index in [1.165, 1.54) is 25.7 Å². The summed E-state index contributed by atoms with van der Waals surface area (Å²) in [5.41, 5.74) is 0. The summed E-state index contributed by atoms with van der Waals surface area (Å²) in [6.07, 6.45) is 5.45. The molecular formula is C14H28N2O2. The summed E-state index contributed by atoms with van der Waals surface area (Å²) in [5.74, 6) is 0.783. The molecule has 1 rings (SSSR count). The van der Waals surface area contributed by atoms with Crippen molar-refractivity contribution in [2.75, 3.05) is 26.7 Å². The lowest BCUT2D eigenvalue weighted by molar-refractivity contribution is -0.124. The van der Waals surface area contributed by atoms with E-state index in [2.05, 4.69) is 17.6 Å². The Hall–Kier alpha value is -0.610. The third-order valence-electron chi connectivity index (χ3n) is 3.72. The van der Waals surface area contributed by atoms with Crippen LogP contribution >= 0.6 is 0 Å². The monoisotopic (exact) mass is 256 g/mol. The molecule has 0 radical (unpaired) electrons. The Kier molecular flexibility index (Phi) is 7.28. The van der Waals surface area contributed by atoms with Gasteiger partial charge in [-0.05, 0) is 25.8 Å². The zero-order chi connectivity index (χ0) is 13.4. The fraction of sp³-hybridized carbons (Fsp3) is 0.929. The molecule has 0 aromatic heterocycles. The minimum Gasteiger partial charge on any atom is -0.376 e. The summed E-state index contributed by atoms with van der Waals surface area (Å²) in [6, 6.07) is 0. The lowest BCUT2D eigenvalue weighted by Crippen LogP contribution is -2.37. The third-order valence-corrected chi connectivity index (χ3v) is 3.72. The number of carbonyl (C=O) groups is 1. The van der Waals surface area contributed by atoms with Crippen LogP contribution in [0.2, 0.25) is 0 Å². The van der Waals surface area contributed by atoms with Gasteiger partial charge in [-0.15, -0.1) is 0 Å². The molecule has 0 aromatic rings. The van der Waals surface area contributed by atoms with E-state index in [4.69, 9.17) is 4.74 Å². The Morgan fingerprint density at radius 3 is 2.78 bits per heavy atom. The van der Waals surface area contributed by atoms with Crippen LogP contribution in [0.1, 0.15) is 39.5 Å². The van der Waals surface area contributed by atoms with E-state index in [-0.39, 0.29) is 11.8 Å². The predicted molar refractivity (Wildman–Crippen MR) is 73.5 cm³/mol. The first kappa shape index (κ1) is 15.4. The molecule has 1 aliphatic carbocycles. The highest BCUT2D eigenvalue weighted by Crippen LogP contribution is 2.25. The molecule has 1 saturated carbocycles. The van der Waals surface area contributed by atoms with Gasteiger partial charge in [-0.25, -0.2) is 0 Å². The topological polar surface area (TPSA) is 50.4 Å². The Morgan fingerprint density at radius 1 is 1.39 bits per heavy atom. The molecule has 3 atom stereocenters. The van der Waals surface area contributed by atoms with Gasteiger partial charge in [0.25, 0.3) is 0 Å². The van der Waals surface area contributed by atoms with Gasteiger partial charge in [0.15, 0.2) is 0 Å². The molecule has 0 aromatic carbocycles. The summed E-state index contributed by atoms with van der Waals surface area (Å²) in [4.78, 5) is 11.6. The van der Waals surface area contributed by atoms with E-state index in [0.717, 1.165) is 0 Å². The predicted octanol–water partition coefficient (Wildman–Crippen LogP) is 1.55. The molecule has 4 nitrogen and oxygen atoms in total. The van der Waals surface area contributed by atoms with Crippen LogP contribution in [0, 0.1) is 11.8 Å². The van der Waals surface area contributed by atoms with Gasteiger partial charge in [0.1, 0.15) is 0 Å². The van der Waals surface area contributed by atoms with Gasteiger partial charge >= 0.3 is 0 Å². The molecule has 4 heteroatoms. The second-order valence-electron chi connectivity index (χ2n) is 5.42. The molecule has 0 spiro atoms. The fourth-order valence-corrected chi connectivity index (χ4v) is 2.49. The largest absolute Gasteiger partial charge is 0.376 e. The summed E-state index contributed by atoms with van der Waals surface area (Å²) in [5, 5.41) is 5.92. The van der Waals surface area contributed by atoms with Gasteiger partial charge in [0, 0.05) is 19.0 Å². The van der Waals surface area contributed by atoms with Crippen LogP contribution in [0.5, 0.6) is 0 Å². The van der Waals surface area contributed by atoms with E-state index in [1.807, 2.05) is 14.0 Å². The van der Waals surface area contributed by atoms with E-state index < -0.39 is 0 Å². The molecule has 1 fully saturated rings. The molecule has 1 aliphatic rings. The van der Waals surface area contributed by atoms with Crippen molar-refractivity contribution >= 4 is 5.91 Å². The lowest BCUT2D eigenvalue weighted by atomic mass is 9.88. The molecular weight excluding hydrogens is 228 g/mol. The van der Waals surface area contributed by atoms with E-state index >= 15 is 0 Å². The molecule has 0 bridgehead atoms. The molecule has 2 N–H and O–H groups in total. The molecule has 18 heavy (non-hydrogen) atoms. The Balaban J connectivity index is 2.08. The van der Waals surface area contributed by atoms with Crippen molar-refractivity contribution in [1.29, 1.82) is 0 Å². The number of amides is 1. The van der Waals surface area contributed by atoms with Gasteiger partial charge in [-0.1, -0.05) is 26.7 Å². The molecule has 0 saturated heterocycles. The average molecular weight is 256 g/mol. The van der Waals surface area contributed by atoms with Crippen molar-refractivity contribution in [1.82, 2.24) is 10.6 Å². The van der Waals surface area contributed by atoms with Gasteiger partial charge in [0.05, 0.1) is 12.7 Å². The quantitative estimate of drug-likeness (QED) is 0.680. The van der Waals surface area contributed by atoms with Gasteiger partial charge < -0.3 is 15.4 Å². The van der Waals surface area contributed by atoms with Gasteiger partial charge in [-0.3, -0.25) is 4.79 Å². The lowest BCUT2D eigenvalue weighted by Gasteiger charge is -2.28. The first-order chi connectivity index (χ1) is 8.65. The van der Waals surface area contributed by atoms with Crippen molar-refractivity contribution in [3.05, 3.63) is 0 Å². The molecule has 1 amide bonds. The van der Waals surface area contributed by atoms with Crippen molar-refractivity contribution in [3.8, 4) is 0 Å². The van der Waals surface area contributed by atoms with E-state index in [0.29, 0.717) is 31.7 Å². The highest BCUT2D eigenvalue weighted by Gasteiger charge is 2.21. The highest BCUT2D eigenvalue weighted by atomic mass is 16.5. The van der Waals surface area contributed by atoms with Crippen LogP contribution in [-0.4, -0.2) is 38.8 Å². The normalized spacial score (nSPS) is 25.7. The zero-order valence-electron chi connectivity index (χ0n) is 12.0. The van der Waals surface area contributed by atoms with Crippen LogP contribution in [0.4, 0.5) is 0 Å². The van der Waals surface area contributed by atoms with Crippen LogP contribution in [0.3, 0.4) is 0 Å². The molecule has 106 valence electrons. The zero-order valence-corrected chi connectivity index (χ0v) is 12.0. The van der Waals surface area contributed by atoms with Crippen LogP contribution in [-0.2, 0) is 9.53 Å². The number of rotatable bonds is 7. The summed E-state index contributed by atoms with van der Waals surface area (Å²) in [7, 11) is 1.86. The van der Waals surface area contributed by atoms with E-state index in [1.54, 1.807) is 0 Å². The summed E-state index contributed by atoms with van der Waals surface area (Å²) < 4.78 is 5.85. The Labute approximate surface area is 111 Å². The van der Waals surface area contributed by atoms with Crippen molar-refractivity contribution in [2.45, 2.75) is 45.6 Å². The number of hydrogen-bond acceptors (Lipinski definition) is 3. The first-order valence-electron chi connectivity index (χ1n) is 7.19. The Morgan fingerprint density at radius 2 is 2.11 bits per heavy atom. The maximum atomic E-state index is 11.6. The molecule has 3 unspecified atom stereocenters. The number of carbonyl (C=O) groups excluding carboxylic acids is 1. The smallest absolute Gasteiger partial charge is 0.224 e. The minimum absolute atomic E-state index is 0.0172. The highest BCUT2D eigenvalue weighted by molar-refractivity contribution is 5.78. The summed E-state index contributed by atoms with van der Waals surface area (Å²) >= 11 is 0. The first-order valence-corrected chi connectivity index (χ1v) is 7.19.